The van der Waals surface area contributed by atoms with Crippen LogP contribution >= 0.6 is 0 Å². The van der Waals surface area contributed by atoms with Gasteiger partial charge in [-0.2, -0.15) is 5.10 Å². The van der Waals surface area contributed by atoms with Gasteiger partial charge in [-0.15, -0.1) is 5.10 Å². The fourth-order valence-electron chi connectivity index (χ4n) is 3.02. The van der Waals surface area contributed by atoms with E-state index in [1.54, 1.807) is 6.20 Å². The Labute approximate surface area is 128 Å². The van der Waals surface area contributed by atoms with Crippen molar-refractivity contribution < 1.29 is 5.11 Å². The number of aliphatic hydroxyl groups is 1. The lowest BCUT2D eigenvalue weighted by Gasteiger charge is -2.40. The van der Waals surface area contributed by atoms with E-state index in [4.69, 9.17) is 0 Å². The molecule has 1 aromatic heterocycles. The Morgan fingerprint density at radius 3 is 2.52 bits per heavy atom. The zero-order valence-corrected chi connectivity index (χ0v) is 13.5. The first-order valence-corrected chi connectivity index (χ1v) is 8.03. The third-order valence-corrected chi connectivity index (χ3v) is 4.86. The second kappa shape index (κ2) is 7.18. The summed E-state index contributed by atoms with van der Waals surface area (Å²) in [6, 6.07) is 4.44. The summed E-state index contributed by atoms with van der Waals surface area (Å²) in [6.45, 7) is 7.01. The number of aromatic nitrogens is 2. The van der Waals surface area contributed by atoms with Crippen LogP contribution in [0.5, 0.6) is 0 Å². The van der Waals surface area contributed by atoms with Gasteiger partial charge in [0.25, 0.3) is 0 Å². The lowest BCUT2D eigenvalue weighted by Crippen LogP contribution is -2.49. The summed E-state index contributed by atoms with van der Waals surface area (Å²) in [4.78, 5) is 4.63. The summed E-state index contributed by atoms with van der Waals surface area (Å²) in [5.74, 6) is 0.939. The molecule has 0 atom stereocenters. The van der Waals surface area contributed by atoms with Gasteiger partial charge < -0.3 is 14.9 Å². The van der Waals surface area contributed by atoms with E-state index >= 15 is 0 Å². The van der Waals surface area contributed by atoms with Gasteiger partial charge in [0.05, 0.1) is 5.60 Å². The highest BCUT2D eigenvalue weighted by Gasteiger charge is 2.29. The van der Waals surface area contributed by atoms with Crippen LogP contribution in [0.1, 0.15) is 39.5 Å². The standard InChI is InChI=1S/C16H28N4O/c1-4-16(21,5-2)13-20-11-8-14(9-12-20)19(3)15-7-6-10-17-18-15/h6-7,10,14,21H,4-5,8-9,11-13H2,1-3H3. The molecule has 2 heterocycles. The average molecular weight is 292 g/mol. The van der Waals surface area contributed by atoms with Gasteiger partial charge in [-0.05, 0) is 37.8 Å². The summed E-state index contributed by atoms with van der Waals surface area (Å²) >= 11 is 0. The maximum Gasteiger partial charge on any atom is 0.151 e. The first kappa shape index (κ1) is 16.2. The Bertz CT molecular complexity index is 414. The van der Waals surface area contributed by atoms with Crippen molar-refractivity contribution >= 4 is 5.82 Å². The van der Waals surface area contributed by atoms with Gasteiger partial charge in [0, 0.05) is 38.9 Å². The van der Waals surface area contributed by atoms with Gasteiger partial charge in [0.1, 0.15) is 0 Å². The van der Waals surface area contributed by atoms with Crippen molar-refractivity contribution in [1.29, 1.82) is 0 Å². The van der Waals surface area contributed by atoms with Crippen LogP contribution < -0.4 is 4.90 Å². The predicted octanol–water partition coefficient (Wildman–Crippen LogP) is 1.93. The van der Waals surface area contributed by atoms with Gasteiger partial charge in [-0.1, -0.05) is 13.8 Å². The molecule has 1 aliphatic heterocycles. The molecule has 21 heavy (non-hydrogen) atoms. The van der Waals surface area contributed by atoms with Crippen LogP contribution in [0.25, 0.3) is 0 Å². The molecule has 5 nitrogen and oxygen atoms in total. The Hall–Kier alpha value is -1.20. The van der Waals surface area contributed by atoms with E-state index in [1.807, 2.05) is 12.1 Å². The van der Waals surface area contributed by atoms with Crippen molar-refractivity contribution in [3.63, 3.8) is 0 Å². The predicted molar refractivity (Wildman–Crippen MR) is 85.4 cm³/mol. The molecule has 0 aromatic carbocycles. The first-order valence-electron chi connectivity index (χ1n) is 8.03. The number of rotatable bonds is 6. The van der Waals surface area contributed by atoms with Crippen LogP contribution in [0.2, 0.25) is 0 Å². The molecule has 118 valence electrons. The molecule has 0 unspecified atom stereocenters. The molecule has 1 aliphatic rings. The zero-order chi connectivity index (χ0) is 15.3. The fourth-order valence-corrected chi connectivity index (χ4v) is 3.02. The number of hydrogen-bond acceptors (Lipinski definition) is 5. The van der Waals surface area contributed by atoms with Crippen molar-refractivity contribution in [3.05, 3.63) is 18.3 Å². The summed E-state index contributed by atoms with van der Waals surface area (Å²) in [5.41, 5.74) is -0.524. The Morgan fingerprint density at radius 2 is 2.00 bits per heavy atom. The minimum atomic E-state index is -0.524. The van der Waals surface area contributed by atoms with Crippen LogP contribution in [0.15, 0.2) is 18.3 Å². The largest absolute Gasteiger partial charge is 0.389 e. The molecule has 0 aliphatic carbocycles. The normalized spacial score (nSPS) is 17.9. The molecule has 0 saturated carbocycles. The van der Waals surface area contributed by atoms with E-state index in [0.29, 0.717) is 6.04 Å². The third kappa shape index (κ3) is 4.14. The van der Waals surface area contributed by atoms with Crippen LogP contribution in [0.3, 0.4) is 0 Å². The van der Waals surface area contributed by atoms with Crippen LogP contribution in [-0.2, 0) is 0 Å². The van der Waals surface area contributed by atoms with Gasteiger partial charge in [0.2, 0.25) is 0 Å². The maximum absolute atomic E-state index is 10.5. The SMILES string of the molecule is CCC(O)(CC)CN1CCC(N(C)c2cccnn2)CC1. The molecule has 2 rings (SSSR count). The van der Waals surface area contributed by atoms with E-state index in [2.05, 4.69) is 40.9 Å². The van der Waals surface area contributed by atoms with Crippen LogP contribution in [-0.4, -0.2) is 58.5 Å². The topological polar surface area (TPSA) is 52.5 Å². The number of nitrogens with zero attached hydrogens (tertiary/aromatic N) is 4. The van der Waals surface area contributed by atoms with Crippen molar-refractivity contribution in [1.82, 2.24) is 15.1 Å². The summed E-state index contributed by atoms with van der Waals surface area (Å²) in [6.07, 6.45) is 5.56. The van der Waals surface area contributed by atoms with E-state index in [0.717, 1.165) is 51.1 Å². The van der Waals surface area contributed by atoms with E-state index < -0.39 is 5.60 Å². The fraction of sp³-hybridized carbons (Fsp3) is 0.750. The number of β-amino-alcohol motifs (C(OH)–C–C–N with tert-alkyl or cyclic N) is 1. The van der Waals surface area contributed by atoms with Gasteiger partial charge >= 0.3 is 0 Å². The molecule has 0 spiro atoms. The molecular formula is C16H28N4O. The van der Waals surface area contributed by atoms with Gasteiger partial charge in [-0.3, -0.25) is 0 Å². The van der Waals surface area contributed by atoms with E-state index in [-0.39, 0.29) is 0 Å². The minimum absolute atomic E-state index is 0.509. The number of likely N-dealkylation sites (tertiary alicyclic amines) is 1. The molecule has 1 saturated heterocycles. The monoisotopic (exact) mass is 292 g/mol. The first-order chi connectivity index (χ1) is 10.1. The minimum Gasteiger partial charge on any atom is -0.389 e. The Kier molecular flexibility index (Phi) is 5.53. The smallest absolute Gasteiger partial charge is 0.151 e. The molecule has 5 heteroatoms. The van der Waals surface area contributed by atoms with Gasteiger partial charge in [0.15, 0.2) is 5.82 Å². The van der Waals surface area contributed by atoms with Crippen LogP contribution in [0.4, 0.5) is 5.82 Å². The second-order valence-corrected chi connectivity index (χ2v) is 6.13. The molecule has 1 fully saturated rings. The van der Waals surface area contributed by atoms with Crippen molar-refractivity contribution in [2.24, 2.45) is 0 Å². The van der Waals surface area contributed by atoms with Crippen molar-refractivity contribution in [2.75, 3.05) is 31.6 Å². The Morgan fingerprint density at radius 1 is 1.33 bits per heavy atom. The quantitative estimate of drug-likeness (QED) is 0.868. The summed E-state index contributed by atoms with van der Waals surface area (Å²) in [7, 11) is 2.10. The molecule has 0 radical (unpaired) electrons. The van der Waals surface area contributed by atoms with Crippen molar-refractivity contribution in [3.8, 4) is 0 Å². The number of hydrogen-bond donors (Lipinski definition) is 1. The number of anilines is 1. The maximum atomic E-state index is 10.5. The third-order valence-electron chi connectivity index (χ3n) is 4.86. The number of piperidine rings is 1. The molecule has 1 N–H and O–H groups in total. The van der Waals surface area contributed by atoms with Crippen LogP contribution in [0, 0.1) is 0 Å². The second-order valence-electron chi connectivity index (χ2n) is 6.13. The molecule has 0 amide bonds. The highest BCUT2D eigenvalue weighted by Crippen LogP contribution is 2.23. The van der Waals surface area contributed by atoms with Crippen molar-refractivity contribution in [2.45, 2.75) is 51.2 Å². The lowest BCUT2D eigenvalue weighted by molar-refractivity contribution is -0.00896. The summed E-state index contributed by atoms with van der Waals surface area (Å²) in [5, 5.41) is 18.6. The Balaban J connectivity index is 1.86. The lowest BCUT2D eigenvalue weighted by atomic mass is 9.94. The molecular weight excluding hydrogens is 264 g/mol. The van der Waals surface area contributed by atoms with E-state index in [1.165, 1.54) is 0 Å². The van der Waals surface area contributed by atoms with Gasteiger partial charge in [-0.25, -0.2) is 0 Å². The highest BCUT2D eigenvalue weighted by atomic mass is 16.3. The zero-order valence-electron chi connectivity index (χ0n) is 13.5. The summed E-state index contributed by atoms with van der Waals surface area (Å²) < 4.78 is 0. The van der Waals surface area contributed by atoms with E-state index in [9.17, 15) is 5.11 Å². The highest BCUT2D eigenvalue weighted by molar-refractivity contribution is 5.36. The molecule has 0 bridgehead atoms. The average Bonchev–Trinajstić information content (AvgIpc) is 2.55. The molecule has 1 aromatic rings.